The highest BCUT2D eigenvalue weighted by Gasteiger charge is 2.22. The fourth-order valence-corrected chi connectivity index (χ4v) is 9.31. The van der Waals surface area contributed by atoms with Crippen LogP contribution >= 0.6 is 11.3 Å². The van der Waals surface area contributed by atoms with Crippen molar-refractivity contribution in [1.82, 2.24) is 14.5 Å². The molecule has 0 radical (unpaired) electrons. The Balaban J connectivity index is 0.00000178. The SMILES string of the molecule is CC.c1ccc(-c2ccc3c(c2)c2cccc(-c4cccc5c4sc4ccc6ccccc6c45)c2n3-c2nc(-c3ccccc3)c3ccccc3n2)cc1. The zero-order valence-electron chi connectivity index (χ0n) is 30.0. The highest BCUT2D eigenvalue weighted by atomic mass is 32.1. The molecular weight excluding hydrogens is 675 g/mol. The van der Waals surface area contributed by atoms with E-state index in [4.69, 9.17) is 9.97 Å². The van der Waals surface area contributed by atoms with Gasteiger partial charge in [-0.2, -0.15) is 0 Å². The van der Waals surface area contributed by atoms with Crippen LogP contribution in [-0.4, -0.2) is 14.5 Å². The van der Waals surface area contributed by atoms with Gasteiger partial charge in [-0.05, 0) is 46.2 Å². The average molecular weight is 710 g/mol. The molecule has 0 fully saturated rings. The summed E-state index contributed by atoms with van der Waals surface area (Å²) in [7, 11) is 0. The lowest BCUT2D eigenvalue weighted by atomic mass is 9.98. The van der Waals surface area contributed by atoms with E-state index in [1.807, 2.05) is 25.2 Å². The molecule has 0 bridgehead atoms. The number of hydrogen-bond donors (Lipinski definition) is 0. The Kier molecular flexibility index (Phi) is 7.78. The van der Waals surface area contributed by atoms with Crippen LogP contribution in [0.15, 0.2) is 176 Å². The summed E-state index contributed by atoms with van der Waals surface area (Å²) in [5, 5.41) is 8.55. The number of hydrogen-bond acceptors (Lipinski definition) is 3. The first kappa shape index (κ1) is 32.1. The molecule has 0 spiro atoms. The van der Waals surface area contributed by atoms with Crippen molar-refractivity contribution in [3.63, 3.8) is 0 Å². The number of nitrogens with zero attached hydrogens (tertiary/aromatic N) is 3. The van der Waals surface area contributed by atoms with Gasteiger partial charge in [-0.15, -0.1) is 11.3 Å². The van der Waals surface area contributed by atoms with E-state index in [1.54, 1.807) is 0 Å². The largest absolute Gasteiger partial charge is 0.277 e. The summed E-state index contributed by atoms with van der Waals surface area (Å²) in [6, 6.07) is 63.0. The Hall–Kier alpha value is -6.62. The fourth-order valence-electron chi connectivity index (χ4n) is 8.06. The van der Waals surface area contributed by atoms with E-state index in [0.717, 1.165) is 38.8 Å². The summed E-state index contributed by atoms with van der Waals surface area (Å²) >= 11 is 1.88. The zero-order chi connectivity index (χ0) is 36.2. The number of aromatic nitrogens is 3. The summed E-state index contributed by atoms with van der Waals surface area (Å²) in [6.45, 7) is 4.00. The topological polar surface area (TPSA) is 30.7 Å². The summed E-state index contributed by atoms with van der Waals surface area (Å²) in [5.74, 6) is 0.659. The quantitative estimate of drug-likeness (QED) is 0.182. The minimum Gasteiger partial charge on any atom is -0.277 e. The molecule has 3 heterocycles. The summed E-state index contributed by atoms with van der Waals surface area (Å²) in [4.78, 5) is 10.7. The second-order valence-corrected chi connectivity index (χ2v) is 14.4. The van der Waals surface area contributed by atoms with Crippen LogP contribution in [0.5, 0.6) is 0 Å². The van der Waals surface area contributed by atoms with Crippen molar-refractivity contribution < 1.29 is 0 Å². The minimum atomic E-state index is 0.659. The number of para-hydroxylation sites is 2. The molecule has 0 unspecified atom stereocenters. The van der Waals surface area contributed by atoms with Crippen molar-refractivity contribution in [2.45, 2.75) is 13.8 Å². The Morgan fingerprint density at radius 3 is 1.94 bits per heavy atom. The van der Waals surface area contributed by atoms with Crippen LogP contribution in [0.2, 0.25) is 0 Å². The fraction of sp³-hybridized carbons (Fsp3) is 0.0400. The molecule has 0 aliphatic heterocycles. The Bertz CT molecular complexity index is 3180. The molecule has 11 rings (SSSR count). The normalized spacial score (nSPS) is 11.5. The predicted octanol–water partition coefficient (Wildman–Crippen LogP) is 14.3. The zero-order valence-corrected chi connectivity index (χ0v) is 30.8. The maximum atomic E-state index is 5.41. The standard InChI is InChI=1S/C48H29N3S.C2H6/c1-3-13-30(14-4-1)33-25-27-42-40(29-33)36-21-11-20-35(37-22-12-23-39-44-34-18-8-7-15-31(34)26-28-43(44)52-47(37)39)46(36)51(42)48-49-41-24-10-9-19-38(41)45(50-48)32-16-5-2-6-17-32;1-2/h1-29H;1-2H3. The van der Waals surface area contributed by atoms with E-state index in [2.05, 4.69) is 180 Å². The molecule has 0 N–H and O–H groups in total. The van der Waals surface area contributed by atoms with Gasteiger partial charge in [0.1, 0.15) is 0 Å². The van der Waals surface area contributed by atoms with E-state index in [1.165, 1.54) is 58.4 Å². The third kappa shape index (κ3) is 5.02. The van der Waals surface area contributed by atoms with Gasteiger partial charge in [0.05, 0.1) is 22.2 Å². The molecule has 3 nitrogen and oxygen atoms in total. The van der Waals surface area contributed by atoms with Gasteiger partial charge >= 0.3 is 0 Å². The smallest absolute Gasteiger partial charge is 0.235 e. The van der Waals surface area contributed by atoms with Crippen molar-refractivity contribution in [3.05, 3.63) is 176 Å². The summed E-state index contributed by atoms with van der Waals surface area (Å²) in [5.41, 5.74) is 9.83. The second kappa shape index (κ2) is 13.1. The van der Waals surface area contributed by atoms with Crippen molar-refractivity contribution in [3.8, 4) is 39.5 Å². The number of rotatable bonds is 4. The van der Waals surface area contributed by atoms with E-state index in [-0.39, 0.29) is 0 Å². The predicted molar refractivity (Wildman–Crippen MR) is 232 cm³/mol. The van der Waals surface area contributed by atoms with Crippen LogP contribution < -0.4 is 0 Å². The molecule has 0 aliphatic rings. The number of thiophene rings is 1. The Morgan fingerprint density at radius 1 is 0.463 bits per heavy atom. The van der Waals surface area contributed by atoms with Gasteiger partial charge in [-0.1, -0.05) is 166 Å². The maximum Gasteiger partial charge on any atom is 0.235 e. The van der Waals surface area contributed by atoms with Crippen molar-refractivity contribution >= 4 is 75.0 Å². The number of benzene rings is 8. The van der Waals surface area contributed by atoms with E-state index >= 15 is 0 Å². The third-order valence-electron chi connectivity index (χ3n) is 10.4. The molecule has 0 amide bonds. The molecule has 8 aromatic carbocycles. The van der Waals surface area contributed by atoms with Crippen LogP contribution in [-0.2, 0) is 0 Å². The van der Waals surface area contributed by atoms with Crippen LogP contribution in [0.3, 0.4) is 0 Å². The van der Waals surface area contributed by atoms with Crippen LogP contribution in [0.1, 0.15) is 13.8 Å². The van der Waals surface area contributed by atoms with Gasteiger partial charge < -0.3 is 0 Å². The maximum absolute atomic E-state index is 5.41. The highest BCUT2D eigenvalue weighted by Crippen LogP contribution is 2.46. The first-order chi connectivity index (χ1) is 26.8. The lowest BCUT2D eigenvalue weighted by molar-refractivity contribution is 1.01. The first-order valence-corrected chi connectivity index (χ1v) is 19.4. The van der Waals surface area contributed by atoms with Crippen LogP contribution in [0.4, 0.5) is 0 Å². The molecule has 0 atom stereocenters. The Morgan fingerprint density at radius 2 is 1.13 bits per heavy atom. The minimum absolute atomic E-state index is 0.659. The van der Waals surface area contributed by atoms with Gasteiger partial charge in [0, 0.05) is 53.0 Å². The molecular formula is C50H35N3S. The van der Waals surface area contributed by atoms with Gasteiger partial charge in [-0.25, -0.2) is 9.97 Å². The van der Waals surface area contributed by atoms with Gasteiger partial charge in [0.25, 0.3) is 0 Å². The lowest BCUT2D eigenvalue weighted by Gasteiger charge is -2.14. The van der Waals surface area contributed by atoms with Gasteiger partial charge in [0.2, 0.25) is 5.95 Å². The first-order valence-electron chi connectivity index (χ1n) is 18.6. The second-order valence-electron chi connectivity index (χ2n) is 13.3. The van der Waals surface area contributed by atoms with Crippen LogP contribution in [0, 0.1) is 0 Å². The molecule has 54 heavy (non-hydrogen) atoms. The van der Waals surface area contributed by atoms with Crippen LogP contribution in [0.25, 0.3) is 103 Å². The highest BCUT2D eigenvalue weighted by molar-refractivity contribution is 7.26. The third-order valence-corrected chi connectivity index (χ3v) is 11.6. The van der Waals surface area contributed by atoms with Gasteiger partial charge in [0.15, 0.2) is 0 Å². The average Bonchev–Trinajstić information content (AvgIpc) is 3.81. The molecule has 11 aromatic rings. The van der Waals surface area contributed by atoms with E-state index < -0.39 is 0 Å². The monoisotopic (exact) mass is 709 g/mol. The van der Waals surface area contributed by atoms with Crippen molar-refractivity contribution in [2.75, 3.05) is 0 Å². The van der Waals surface area contributed by atoms with Gasteiger partial charge in [-0.3, -0.25) is 4.57 Å². The molecule has 256 valence electrons. The molecule has 0 saturated heterocycles. The summed E-state index contributed by atoms with van der Waals surface area (Å²) in [6.07, 6.45) is 0. The lowest BCUT2D eigenvalue weighted by Crippen LogP contribution is -2.04. The molecule has 4 heteroatoms. The molecule has 3 aromatic heterocycles. The van der Waals surface area contributed by atoms with Crippen molar-refractivity contribution in [2.24, 2.45) is 0 Å². The molecule has 0 saturated carbocycles. The van der Waals surface area contributed by atoms with Crippen molar-refractivity contribution in [1.29, 1.82) is 0 Å². The molecule has 0 aliphatic carbocycles. The Labute approximate surface area is 317 Å². The van der Waals surface area contributed by atoms with E-state index in [9.17, 15) is 0 Å². The van der Waals surface area contributed by atoms with E-state index in [0.29, 0.717) is 5.95 Å². The number of fused-ring (bicyclic) bond motifs is 9. The summed E-state index contributed by atoms with van der Waals surface area (Å²) < 4.78 is 4.88.